The number of aryl methyl sites for hydroxylation is 2. The molecule has 1 saturated heterocycles. The zero-order valence-electron chi connectivity index (χ0n) is 17.3. The molecule has 0 atom stereocenters. The van der Waals surface area contributed by atoms with E-state index < -0.39 is 11.8 Å². The smallest absolute Gasteiger partial charge is 0.270 e. The fourth-order valence-corrected chi connectivity index (χ4v) is 4.43. The number of thiocarbonyl (C=S) groups is 1. The topological polar surface area (TPSA) is 54.3 Å². The first-order chi connectivity index (χ1) is 14.8. The standard InChI is InChI=1S/C24H20BrN3O2S/c1-14-6-4-8-19(10-14)27-15(2)11-17(16(27)3)12-21-22(29)26-24(31)28(23(21)30)20-9-5-7-18(25)13-20/h4-13H,1-3H3,(H,26,29,31)/b21-12+. The van der Waals surface area contributed by atoms with Gasteiger partial charge < -0.3 is 4.57 Å². The van der Waals surface area contributed by atoms with Crippen molar-refractivity contribution in [2.24, 2.45) is 0 Å². The maximum absolute atomic E-state index is 13.3. The van der Waals surface area contributed by atoms with E-state index in [0.29, 0.717) is 5.69 Å². The molecule has 1 aliphatic rings. The largest absolute Gasteiger partial charge is 0.318 e. The fraction of sp³-hybridized carbons (Fsp3) is 0.125. The summed E-state index contributed by atoms with van der Waals surface area (Å²) >= 11 is 8.69. The third kappa shape index (κ3) is 3.98. The number of carbonyl (C=O) groups excluding carboxylic acids is 2. The van der Waals surface area contributed by atoms with E-state index in [4.69, 9.17) is 12.2 Å². The van der Waals surface area contributed by atoms with E-state index >= 15 is 0 Å². The van der Waals surface area contributed by atoms with Gasteiger partial charge in [0, 0.05) is 21.5 Å². The number of nitrogens with one attached hydrogen (secondary N) is 1. The molecular formula is C24H20BrN3O2S. The maximum Gasteiger partial charge on any atom is 0.270 e. The summed E-state index contributed by atoms with van der Waals surface area (Å²) in [6.07, 6.45) is 1.64. The fourth-order valence-electron chi connectivity index (χ4n) is 3.76. The zero-order valence-corrected chi connectivity index (χ0v) is 19.7. The first-order valence-corrected chi connectivity index (χ1v) is 10.9. The molecular weight excluding hydrogens is 474 g/mol. The van der Waals surface area contributed by atoms with E-state index in [2.05, 4.69) is 31.9 Å². The van der Waals surface area contributed by atoms with Crippen molar-refractivity contribution in [3.05, 3.63) is 87.2 Å². The van der Waals surface area contributed by atoms with Crippen molar-refractivity contribution in [2.75, 3.05) is 4.90 Å². The van der Waals surface area contributed by atoms with Crippen LogP contribution in [-0.4, -0.2) is 21.5 Å². The molecule has 156 valence electrons. The van der Waals surface area contributed by atoms with Crippen LogP contribution in [0, 0.1) is 20.8 Å². The van der Waals surface area contributed by atoms with Gasteiger partial charge in [0.15, 0.2) is 5.11 Å². The molecule has 0 radical (unpaired) electrons. The van der Waals surface area contributed by atoms with Crippen LogP contribution in [0.1, 0.15) is 22.5 Å². The van der Waals surface area contributed by atoms with Crippen LogP contribution in [0.3, 0.4) is 0 Å². The third-order valence-corrected chi connectivity index (χ3v) is 5.98. The number of amides is 2. The summed E-state index contributed by atoms with van der Waals surface area (Å²) in [5.74, 6) is -0.950. The van der Waals surface area contributed by atoms with Gasteiger partial charge in [-0.1, -0.05) is 34.1 Å². The number of aromatic nitrogens is 1. The molecule has 1 fully saturated rings. The number of hydrogen-bond acceptors (Lipinski definition) is 3. The van der Waals surface area contributed by atoms with Crippen LogP contribution >= 0.6 is 28.1 Å². The van der Waals surface area contributed by atoms with Gasteiger partial charge in [-0.2, -0.15) is 0 Å². The van der Waals surface area contributed by atoms with Gasteiger partial charge in [0.2, 0.25) is 0 Å². The summed E-state index contributed by atoms with van der Waals surface area (Å²) in [4.78, 5) is 27.3. The van der Waals surface area contributed by atoms with E-state index in [9.17, 15) is 9.59 Å². The van der Waals surface area contributed by atoms with Gasteiger partial charge in [-0.05, 0) is 86.6 Å². The van der Waals surface area contributed by atoms with E-state index in [1.54, 1.807) is 18.2 Å². The van der Waals surface area contributed by atoms with Gasteiger partial charge in [0.25, 0.3) is 11.8 Å². The lowest BCUT2D eigenvalue weighted by Gasteiger charge is -2.29. The lowest BCUT2D eigenvalue weighted by atomic mass is 10.1. The predicted octanol–water partition coefficient (Wildman–Crippen LogP) is 5.00. The van der Waals surface area contributed by atoms with Crippen LogP contribution in [0.15, 0.2) is 64.6 Å². The quantitative estimate of drug-likeness (QED) is 0.317. The SMILES string of the molecule is Cc1cccc(-n2c(C)cc(/C=C3\C(=O)NC(=S)N(c4cccc(Br)c4)C3=O)c2C)c1. The van der Waals surface area contributed by atoms with Crippen LogP contribution in [0.4, 0.5) is 5.69 Å². The predicted molar refractivity (Wildman–Crippen MR) is 130 cm³/mol. The van der Waals surface area contributed by atoms with Crippen LogP contribution in [0.25, 0.3) is 11.8 Å². The highest BCUT2D eigenvalue weighted by Gasteiger charge is 2.34. The van der Waals surface area contributed by atoms with Crippen molar-refractivity contribution in [2.45, 2.75) is 20.8 Å². The Labute approximate surface area is 194 Å². The molecule has 2 amide bonds. The molecule has 1 N–H and O–H groups in total. The Hall–Kier alpha value is -3.03. The van der Waals surface area contributed by atoms with Crippen LogP contribution in [0.2, 0.25) is 0 Å². The number of anilines is 1. The minimum atomic E-state index is -0.499. The molecule has 4 rings (SSSR count). The number of hydrogen-bond donors (Lipinski definition) is 1. The molecule has 2 heterocycles. The van der Waals surface area contributed by atoms with Gasteiger partial charge in [-0.3, -0.25) is 19.8 Å². The van der Waals surface area contributed by atoms with Gasteiger partial charge in [0.05, 0.1) is 5.69 Å². The van der Waals surface area contributed by atoms with Gasteiger partial charge >= 0.3 is 0 Å². The van der Waals surface area contributed by atoms with E-state index in [1.807, 2.05) is 57.2 Å². The van der Waals surface area contributed by atoms with E-state index in [0.717, 1.165) is 32.7 Å². The molecule has 7 heteroatoms. The maximum atomic E-state index is 13.3. The minimum Gasteiger partial charge on any atom is -0.318 e. The number of carbonyl (C=O) groups is 2. The summed E-state index contributed by atoms with van der Waals surface area (Å²) in [6, 6.07) is 17.4. The zero-order chi connectivity index (χ0) is 22.3. The lowest BCUT2D eigenvalue weighted by Crippen LogP contribution is -2.54. The summed E-state index contributed by atoms with van der Waals surface area (Å²) in [5.41, 5.74) is 5.58. The highest BCUT2D eigenvalue weighted by molar-refractivity contribution is 9.10. The van der Waals surface area contributed by atoms with E-state index in [1.165, 1.54) is 4.90 Å². The first-order valence-electron chi connectivity index (χ1n) is 9.69. The summed E-state index contributed by atoms with van der Waals surface area (Å²) in [6.45, 7) is 6.03. The van der Waals surface area contributed by atoms with Crippen molar-refractivity contribution < 1.29 is 9.59 Å². The summed E-state index contributed by atoms with van der Waals surface area (Å²) in [7, 11) is 0. The highest BCUT2D eigenvalue weighted by Crippen LogP contribution is 2.27. The second-order valence-corrected chi connectivity index (χ2v) is 8.74. The molecule has 1 aliphatic heterocycles. The Morgan fingerprint density at radius 3 is 2.39 bits per heavy atom. The van der Waals surface area contributed by atoms with Gasteiger partial charge in [-0.15, -0.1) is 0 Å². The average Bonchev–Trinajstić information content (AvgIpc) is 2.98. The summed E-state index contributed by atoms with van der Waals surface area (Å²) in [5, 5.41) is 2.70. The monoisotopic (exact) mass is 493 g/mol. The molecule has 0 bridgehead atoms. The van der Waals surface area contributed by atoms with Crippen molar-refractivity contribution in [1.82, 2.24) is 9.88 Å². The molecule has 1 aromatic heterocycles. The van der Waals surface area contributed by atoms with Crippen molar-refractivity contribution >= 4 is 56.8 Å². The Morgan fingerprint density at radius 1 is 0.968 bits per heavy atom. The number of rotatable bonds is 3. The first kappa shape index (κ1) is 21.2. The van der Waals surface area contributed by atoms with Crippen molar-refractivity contribution in [3.8, 4) is 5.69 Å². The van der Waals surface area contributed by atoms with Gasteiger partial charge in [-0.25, -0.2) is 0 Å². The summed E-state index contributed by atoms with van der Waals surface area (Å²) < 4.78 is 2.92. The lowest BCUT2D eigenvalue weighted by molar-refractivity contribution is -0.122. The molecule has 2 aromatic carbocycles. The molecule has 0 unspecified atom stereocenters. The van der Waals surface area contributed by atoms with Crippen LogP contribution in [0.5, 0.6) is 0 Å². The van der Waals surface area contributed by atoms with Crippen LogP contribution < -0.4 is 10.2 Å². The second kappa shape index (κ2) is 8.24. The molecule has 5 nitrogen and oxygen atoms in total. The second-order valence-electron chi connectivity index (χ2n) is 7.44. The Balaban J connectivity index is 1.77. The normalized spacial score (nSPS) is 15.5. The average molecular weight is 494 g/mol. The van der Waals surface area contributed by atoms with Gasteiger partial charge in [0.1, 0.15) is 5.57 Å². The van der Waals surface area contributed by atoms with Crippen LogP contribution in [-0.2, 0) is 9.59 Å². The Kier molecular flexibility index (Phi) is 5.64. The molecule has 3 aromatic rings. The van der Waals surface area contributed by atoms with Crippen molar-refractivity contribution in [3.63, 3.8) is 0 Å². The minimum absolute atomic E-state index is 0.0399. The molecule has 0 saturated carbocycles. The number of benzene rings is 2. The highest BCUT2D eigenvalue weighted by atomic mass is 79.9. The molecule has 0 spiro atoms. The number of nitrogens with zero attached hydrogens (tertiary/aromatic N) is 2. The Bertz CT molecular complexity index is 1280. The number of halogens is 1. The van der Waals surface area contributed by atoms with Crippen molar-refractivity contribution in [1.29, 1.82) is 0 Å². The van der Waals surface area contributed by atoms with E-state index in [-0.39, 0.29) is 10.7 Å². The molecule has 0 aliphatic carbocycles. The third-order valence-electron chi connectivity index (χ3n) is 5.20. The molecule has 31 heavy (non-hydrogen) atoms. The Morgan fingerprint density at radius 2 is 1.68 bits per heavy atom.